The van der Waals surface area contributed by atoms with Crippen LogP contribution >= 0.6 is 24.0 Å². The number of ether oxygens (including phenoxy) is 1. The van der Waals surface area contributed by atoms with Gasteiger partial charge in [-0.15, -0.1) is 0 Å². The number of para-hydroxylation sites is 1. The molecule has 0 bridgehead atoms. The first-order valence-electron chi connectivity index (χ1n) is 6.68. The molecule has 1 fully saturated rings. The second-order valence-electron chi connectivity index (χ2n) is 4.92. The Morgan fingerprint density at radius 1 is 1.26 bits per heavy atom. The van der Waals surface area contributed by atoms with Crippen LogP contribution in [0, 0.1) is 0 Å². The number of likely N-dealkylation sites (N-methyl/N-ethyl adjacent to an activating group) is 1. The van der Waals surface area contributed by atoms with Gasteiger partial charge in [0.15, 0.2) is 0 Å². The van der Waals surface area contributed by atoms with E-state index in [1.807, 2.05) is 12.1 Å². The van der Waals surface area contributed by atoms with Crippen molar-refractivity contribution in [2.75, 3.05) is 25.6 Å². The summed E-state index contributed by atoms with van der Waals surface area (Å²) in [4.78, 5) is 39.5. The standard InChI is InChI=1S/C15H12N2O4S2/c1-16-9-6-4-3-5-8(9)11(13(16)19)12-14(20)17(15(22)23-12)7-10(18)21-2/h3-6H,7H2,1-2H3/b12-11-. The smallest absolute Gasteiger partial charge is 0.325 e. The minimum atomic E-state index is -0.567. The Kier molecular flexibility index (Phi) is 3.95. The molecule has 2 aliphatic rings. The highest BCUT2D eigenvalue weighted by Crippen LogP contribution is 2.43. The van der Waals surface area contributed by atoms with Crippen LogP contribution in [0.2, 0.25) is 0 Å². The van der Waals surface area contributed by atoms with Gasteiger partial charge in [0.05, 0.1) is 23.3 Å². The monoisotopic (exact) mass is 348 g/mol. The predicted octanol–water partition coefficient (Wildman–Crippen LogP) is 1.41. The molecule has 0 unspecified atom stereocenters. The summed E-state index contributed by atoms with van der Waals surface area (Å²) in [6.45, 7) is -0.260. The topological polar surface area (TPSA) is 66.9 Å². The lowest BCUT2D eigenvalue weighted by Crippen LogP contribution is -2.34. The highest BCUT2D eigenvalue weighted by atomic mass is 32.2. The third-order valence-corrected chi connectivity index (χ3v) is 5.09. The van der Waals surface area contributed by atoms with Gasteiger partial charge in [-0.2, -0.15) is 0 Å². The van der Waals surface area contributed by atoms with Gasteiger partial charge in [0.1, 0.15) is 10.9 Å². The molecule has 0 aromatic heterocycles. The quantitative estimate of drug-likeness (QED) is 0.457. The van der Waals surface area contributed by atoms with Crippen LogP contribution in [0.1, 0.15) is 5.56 Å². The third-order valence-electron chi connectivity index (χ3n) is 3.64. The molecule has 1 aromatic rings. The molecule has 0 saturated carbocycles. The number of anilines is 1. The van der Waals surface area contributed by atoms with Crippen LogP contribution in [-0.2, 0) is 19.1 Å². The number of hydrogen-bond donors (Lipinski definition) is 0. The molecule has 23 heavy (non-hydrogen) atoms. The maximum atomic E-state index is 12.6. The van der Waals surface area contributed by atoms with Crippen LogP contribution in [0.4, 0.5) is 5.69 Å². The first-order valence-corrected chi connectivity index (χ1v) is 7.90. The molecule has 0 radical (unpaired) electrons. The van der Waals surface area contributed by atoms with Gasteiger partial charge in [-0.3, -0.25) is 19.3 Å². The van der Waals surface area contributed by atoms with Gasteiger partial charge in [-0.05, 0) is 6.07 Å². The average molecular weight is 348 g/mol. The zero-order valence-corrected chi connectivity index (χ0v) is 14.0. The highest BCUT2D eigenvalue weighted by Gasteiger charge is 2.41. The van der Waals surface area contributed by atoms with Crippen LogP contribution in [0.25, 0.3) is 5.57 Å². The lowest BCUT2D eigenvalue weighted by Gasteiger charge is -2.12. The van der Waals surface area contributed by atoms with E-state index < -0.39 is 11.9 Å². The van der Waals surface area contributed by atoms with E-state index >= 15 is 0 Å². The van der Waals surface area contributed by atoms with Gasteiger partial charge in [-0.1, -0.05) is 42.2 Å². The summed E-state index contributed by atoms with van der Waals surface area (Å²) < 4.78 is 4.81. The molecule has 1 aromatic carbocycles. The number of carbonyl (C=O) groups is 3. The molecule has 0 N–H and O–H groups in total. The number of esters is 1. The number of thioether (sulfide) groups is 1. The minimum absolute atomic E-state index is 0.239. The van der Waals surface area contributed by atoms with Crippen molar-refractivity contribution < 1.29 is 19.1 Å². The van der Waals surface area contributed by atoms with Crippen molar-refractivity contribution in [2.45, 2.75) is 0 Å². The molecular formula is C15H12N2O4S2. The van der Waals surface area contributed by atoms with Gasteiger partial charge < -0.3 is 9.64 Å². The molecular weight excluding hydrogens is 336 g/mol. The Morgan fingerprint density at radius 2 is 1.96 bits per heavy atom. The van der Waals surface area contributed by atoms with Gasteiger partial charge in [0.25, 0.3) is 11.8 Å². The number of fused-ring (bicyclic) bond motifs is 1. The van der Waals surface area contributed by atoms with Crippen LogP contribution < -0.4 is 4.90 Å². The molecule has 8 heteroatoms. The Balaban J connectivity index is 2.06. The fraction of sp³-hybridized carbons (Fsp3) is 0.200. The summed E-state index contributed by atoms with van der Waals surface area (Å²) in [5.41, 5.74) is 1.76. The normalized spacial score (nSPS) is 20.3. The molecule has 1 saturated heterocycles. The number of hydrogen-bond acceptors (Lipinski definition) is 6. The van der Waals surface area contributed by atoms with Crippen molar-refractivity contribution >= 4 is 57.3 Å². The number of thiocarbonyl (C=S) groups is 1. The molecule has 0 aliphatic carbocycles. The molecule has 2 heterocycles. The second kappa shape index (κ2) is 5.78. The first-order chi connectivity index (χ1) is 11.0. The first kappa shape index (κ1) is 15.7. The van der Waals surface area contributed by atoms with Crippen molar-refractivity contribution in [3.63, 3.8) is 0 Å². The Bertz CT molecular complexity index is 787. The molecule has 2 aliphatic heterocycles. The summed E-state index contributed by atoms with van der Waals surface area (Å²) in [5, 5.41) is 0. The zero-order valence-electron chi connectivity index (χ0n) is 12.4. The van der Waals surface area contributed by atoms with E-state index in [0.29, 0.717) is 11.1 Å². The van der Waals surface area contributed by atoms with Crippen molar-refractivity contribution in [3.05, 3.63) is 34.7 Å². The summed E-state index contributed by atoms with van der Waals surface area (Å²) in [6, 6.07) is 7.24. The van der Waals surface area contributed by atoms with Crippen LogP contribution in [0.3, 0.4) is 0 Å². The van der Waals surface area contributed by atoms with E-state index in [-0.39, 0.29) is 21.7 Å². The molecule has 6 nitrogen and oxygen atoms in total. The molecule has 0 atom stereocenters. The van der Waals surface area contributed by atoms with E-state index in [1.54, 1.807) is 19.2 Å². The van der Waals surface area contributed by atoms with Crippen molar-refractivity contribution in [1.29, 1.82) is 0 Å². The van der Waals surface area contributed by atoms with E-state index in [1.165, 1.54) is 12.0 Å². The van der Waals surface area contributed by atoms with Gasteiger partial charge in [0.2, 0.25) is 0 Å². The zero-order chi connectivity index (χ0) is 16.7. The number of carbonyl (C=O) groups excluding carboxylic acids is 3. The SMILES string of the molecule is COC(=O)CN1C(=O)/C(=C2/C(=O)N(C)c3ccccc32)SC1=S. The fourth-order valence-electron chi connectivity index (χ4n) is 2.47. The Hall–Kier alpha value is -2.19. The van der Waals surface area contributed by atoms with Crippen LogP contribution in [-0.4, -0.2) is 47.7 Å². The Labute approximate surface area is 142 Å². The molecule has 0 spiro atoms. The minimum Gasteiger partial charge on any atom is -0.468 e. The van der Waals surface area contributed by atoms with E-state index in [4.69, 9.17) is 12.2 Å². The lowest BCUT2D eigenvalue weighted by atomic mass is 10.1. The van der Waals surface area contributed by atoms with Gasteiger partial charge >= 0.3 is 5.97 Å². The third kappa shape index (κ3) is 2.43. The number of methoxy groups -OCH3 is 1. The molecule has 118 valence electrons. The summed E-state index contributed by atoms with van der Waals surface area (Å²) in [5.74, 6) is -1.27. The second-order valence-corrected chi connectivity index (χ2v) is 6.57. The molecule has 3 rings (SSSR count). The van der Waals surface area contributed by atoms with Crippen molar-refractivity contribution in [2.24, 2.45) is 0 Å². The van der Waals surface area contributed by atoms with Gasteiger partial charge in [0, 0.05) is 12.6 Å². The average Bonchev–Trinajstić information content (AvgIpc) is 2.96. The molecule has 2 amide bonds. The fourth-order valence-corrected chi connectivity index (χ4v) is 3.80. The van der Waals surface area contributed by atoms with Crippen molar-refractivity contribution in [1.82, 2.24) is 4.90 Å². The van der Waals surface area contributed by atoms with E-state index in [9.17, 15) is 14.4 Å². The largest absolute Gasteiger partial charge is 0.468 e. The number of rotatable bonds is 2. The summed E-state index contributed by atoms with van der Waals surface area (Å²) in [7, 11) is 2.90. The maximum absolute atomic E-state index is 12.6. The van der Waals surface area contributed by atoms with E-state index in [0.717, 1.165) is 22.3 Å². The van der Waals surface area contributed by atoms with Gasteiger partial charge in [-0.25, -0.2) is 0 Å². The Morgan fingerprint density at radius 3 is 2.65 bits per heavy atom. The number of amides is 2. The van der Waals surface area contributed by atoms with Crippen molar-refractivity contribution in [3.8, 4) is 0 Å². The predicted molar refractivity (Wildman–Crippen MR) is 90.7 cm³/mol. The number of nitrogens with zero attached hydrogens (tertiary/aromatic N) is 2. The summed E-state index contributed by atoms with van der Waals surface area (Å²) in [6.07, 6.45) is 0. The summed E-state index contributed by atoms with van der Waals surface area (Å²) >= 11 is 6.20. The van der Waals surface area contributed by atoms with Crippen LogP contribution in [0.15, 0.2) is 29.2 Å². The number of benzene rings is 1. The lowest BCUT2D eigenvalue weighted by molar-refractivity contribution is -0.143. The highest BCUT2D eigenvalue weighted by molar-refractivity contribution is 8.26. The maximum Gasteiger partial charge on any atom is 0.325 e. The van der Waals surface area contributed by atoms with E-state index in [2.05, 4.69) is 4.74 Å². The van der Waals surface area contributed by atoms with Crippen LogP contribution in [0.5, 0.6) is 0 Å².